The molecule has 0 amide bonds. The highest BCUT2D eigenvalue weighted by atomic mass is 16.5. The van der Waals surface area contributed by atoms with Crippen LogP contribution in [0.5, 0.6) is 5.75 Å². The molecule has 0 fully saturated rings. The molecule has 6 nitrogen and oxygen atoms in total. The first-order chi connectivity index (χ1) is 8.69. The molecule has 0 saturated carbocycles. The molecule has 6 heteroatoms. The number of aromatic nitrogens is 3. The van der Waals surface area contributed by atoms with Gasteiger partial charge in [0.1, 0.15) is 11.6 Å². The van der Waals surface area contributed by atoms with E-state index in [-0.39, 0.29) is 6.61 Å². The number of hydrogen-bond acceptors (Lipinski definition) is 5. The van der Waals surface area contributed by atoms with Crippen LogP contribution in [0.1, 0.15) is 22.0 Å². The van der Waals surface area contributed by atoms with E-state index in [4.69, 9.17) is 9.47 Å². The smallest absolute Gasteiger partial charge is 0.338 e. The van der Waals surface area contributed by atoms with Crippen molar-refractivity contribution in [2.24, 2.45) is 0 Å². The van der Waals surface area contributed by atoms with Crippen molar-refractivity contribution in [3.8, 4) is 5.75 Å². The second kappa shape index (κ2) is 5.31. The summed E-state index contributed by atoms with van der Waals surface area (Å²) in [5.74, 6) is 1.41. The zero-order valence-corrected chi connectivity index (χ0v) is 10.1. The van der Waals surface area contributed by atoms with Crippen LogP contribution >= 0.6 is 0 Å². The van der Waals surface area contributed by atoms with Gasteiger partial charge in [-0.3, -0.25) is 5.10 Å². The Morgan fingerprint density at radius 2 is 2.06 bits per heavy atom. The summed E-state index contributed by atoms with van der Waals surface area (Å²) < 4.78 is 10.1. The number of esters is 1. The molecule has 0 spiro atoms. The van der Waals surface area contributed by atoms with Gasteiger partial charge in [0.25, 0.3) is 0 Å². The Kier molecular flexibility index (Phi) is 3.57. The molecule has 1 aromatic heterocycles. The number of nitrogens with zero attached hydrogens (tertiary/aromatic N) is 2. The number of hydrogen-bond donors (Lipinski definition) is 1. The summed E-state index contributed by atoms with van der Waals surface area (Å²) in [4.78, 5) is 15.7. The Morgan fingerprint density at radius 3 is 2.61 bits per heavy atom. The van der Waals surface area contributed by atoms with Crippen molar-refractivity contribution in [3.05, 3.63) is 41.5 Å². The van der Waals surface area contributed by atoms with Gasteiger partial charge in [-0.1, -0.05) is 0 Å². The normalized spacial score (nSPS) is 10.1. The SMILES string of the molecule is COc1ccc(C(=O)OCc2n[nH]c(C)n2)cc1. The summed E-state index contributed by atoms with van der Waals surface area (Å²) >= 11 is 0. The molecule has 1 heterocycles. The molecule has 18 heavy (non-hydrogen) atoms. The minimum absolute atomic E-state index is 0.0508. The van der Waals surface area contributed by atoms with Crippen molar-refractivity contribution < 1.29 is 14.3 Å². The Labute approximate surface area is 104 Å². The maximum Gasteiger partial charge on any atom is 0.338 e. The molecule has 2 aromatic rings. The Morgan fingerprint density at radius 1 is 1.33 bits per heavy atom. The van der Waals surface area contributed by atoms with Crippen LogP contribution in [0.15, 0.2) is 24.3 Å². The van der Waals surface area contributed by atoms with Gasteiger partial charge >= 0.3 is 5.97 Å². The summed E-state index contributed by atoms with van der Waals surface area (Å²) in [6, 6.07) is 6.69. The zero-order chi connectivity index (χ0) is 13.0. The number of methoxy groups -OCH3 is 1. The number of carbonyl (C=O) groups excluding carboxylic acids is 1. The van der Waals surface area contributed by atoms with E-state index in [0.29, 0.717) is 23.0 Å². The summed E-state index contributed by atoms with van der Waals surface area (Å²) in [6.07, 6.45) is 0. The number of H-pyrrole nitrogens is 1. The molecule has 0 atom stereocenters. The number of aryl methyl sites for hydroxylation is 1. The van der Waals surface area contributed by atoms with Crippen molar-refractivity contribution in [2.45, 2.75) is 13.5 Å². The molecule has 94 valence electrons. The largest absolute Gasteiger partial charge is 0.497 e. The summed E-state index contributed by atoms with van der Waals surface area (Å²) in [7, 11) is 1.57. The van der Waals surface area contributed by atoms with E-state index in [1.807, 2.05) is 0 Å². The highest BCUT2D eigenvalue weighted by molar-refractivity contribution is 5.89. The van der Waals surface area contributed by atoms with E-state index >= 15 is 0 Å². The fourth-order valence-corrected chi connectivity index (χ4v) is 1.39. The first-order valence-electron chi connectivity index (χ1n) is 5.38. The minimum atomic E-state index is -0.417. The van der Waals surface area contributed by atoms with E-state index < -0.39 is 5.97 Å². The fourth-order valence-electron chi connectivity index (χ4n) is 1.39. The molecule has 0 aliphatic carbocycles. The van der Waals surface area contributed by atoms with Crippen molar-refractivity contribution in [3.63, 3.8) is 0 Å². The van der Waals surface area contributed by atoms with Crippen LogP contribution in [-0.2, 0) is 11.3 Å². The average Bonchev–Trinajstić information content (AvgIpc) is 2.82. The number of carbonyl (C=O) groups is 1. The van der Waals surface area contributed by atoms with Crippen LogP contribution in [0.2, 0.25) is 0 Å². The predicted octanol–water partition coefficient (Wildman–Crippen LogP) is 1.48. The van der Waals surface area contributed by atoms with Gasteiger partial charge in [-0.25, -0.2) is 9.78 Å². The predicted molar refractivity (Wildman–Crippen MR) is 63.2 cm³/mol. The molecule has 0 aliphatic rings. The maximum absolute atomic E-state index is 11.7. The van der Waals surface area contributed by atoms with E-state index in [9.17, 15) is 4.79 Å². The monoisotopic (exact) mass is 247 g/mol. The maximum atomic E-state index is 11.7. The van der Waals surface area contributed by atoms with Crippen LogP contribution in [0, 0.1) is 6.92 Å². The van der Waals surface area contributed by atoms with Crippen LogP contribution in [-0.4, -0.2) is 28.3 Å². The molecule has 0 bridgehead atoms. The lowest BCUT2D eigenvalue weighted by atomic mass is 10.2. The lowest BCUT2D eigenvalue weighted by Gasteiger charge is -2.03. The van der Waals surface area contributed by atoms with Gasteiger partial charge in [0.2, 0.25) is 0 Å². The molecule has 0 aliphatic heterocycles. The van der Waals surface area contributed by atoms with Gasteiger partial charge in [0.05, 0.1) is 12.7 Å². The number of benzene rings is 1. The van der Waals surface area contributed by atoms with Gasteiger partial charge < -0.3 is 9.47 Å². The lowest BCUT2D eigenvalue weighted by molar-refractivity contribution is 0.0462. The van der Waals surface area contributed by atoms with Gasteiger partial charge in [0.15, 0.2) is 12.4 Å². The topological polar surface area (TPSA) is 77.1 Å². The van der Waals surface area contributed by atoms with Crippen LogP contribution in [0.4, 0.5) is 0 Å². The third kappa shape index (κ3) is 2.85. The molecule has 1 aromatic carbocycles. The molecular formula is C12H13N3O3. The van der Waals surface area contributed by atoms with Crippen molar-refractivity contribution in [1.82, 2.24) is 15.2 Å². The molecule has 0 unspecified atom stereocenters. The Hall–Kier alpha value is -2.37. The van der Waals surface area contributed by atoms with Crippen molar-refractivity contribution in [1.29, 1.82) is 0 Å². The van der Waals surface area contributed by atoms with Gasteiger partial charge in [-0.15, -0.1) is 0 Å². The van der Waals surface area contributed by atoms with Gasteiger partial charge in [-0.2, -0.15) is 5.10 Å². The third-order valence-corrected chi connectivity index (χ3v) is 2.30. The third-order valence-electron chi connectivity index (χ3n) is 2.30. The minimum Gasteiger partial charge on any atom is -0.497 e. The second-order valence-corrected chi connectivity index (χ2v) is 3.64. The van der Waals surface area contributed by atoms with Crippen LogP contribution in [0.25, 0.3) is 0 Å². The molecule has 2 rings (SSSR count). The van der Waals surface area contributed by atoms with E-state index in [1.54, 1.807) is 38.3 Å². The van der Waals surface area contributed by atoms with Gasteiger partial charge in [-0.05, 0) is 31.2 Å². The van der Waals surface area contributed by atoms with Crippen molar-refractivity contribution >= 4 is 5.97 Å². The van der Waals surface area contributed by atoms with Gasteiger partial charge in [0, 0.05) is 0 Å². The average molecular weight is 247 g/mol. The van der Waals surface area contributed by atoms with Crippen molar-refractivity contribution in [2.75, 3.05) is 7.11 Å². The number of rotatable bonds is 4. The quantitative estimate of drug-likeness (QED) is 0.828. The molecule has 0 saturated heterocycles. The van der Waals surface area contributed by atoms with E-state index in [2.05, 4.69) is 15.2 Å². The number of aromatic amines is 1. The first kappa shape index (κ1) is 12.1. The zero-order valence-electron chi connectivity index (χ0n) is 10.1. The summed E-state index contributed by atoms with van der Waals surface area (Å²) in [5.41, 5.74) is 0.461. The van der Waals surface area contributed by atoms with E-state index in [1.165, 1.54) is 0 Å². The Bertz CT molecular complexity index is 534. The molecule has 0 radical (unpaired) electrons. The van der Waals surface area contributed by atoms with Crippen LogP contribution in [0.3, 0.4) is 0 Å². The highest BCUT2D eigenvalue weighted by Crippen LogP contribution is 2.12. The van der Waals surface area contributed by atoms with Crippen LogP contribution < -0.4 is 4.74 Å². The standard InChI is InChI=1S/C12H13N3O3/c1-8-13-11(15-14-8)7-18-12(16)9-3-5-10(17-2)6-4-9/h3-6H,7H2,1-2H3,(H,13,14,15). The number of nitrogens with one attached hydrogen (secondary N) is 1. The molecular weight excluding hydrogens is 234 g/mol. The first-order valence-corrected chi connectivity index (χ1v) is 5.38. The Balaban J connectivity index is 1.94. The van der Waals surface area contributed by atoms with E-state index in [0.717, 1.165) is 0 Å². The fraction of sp³-hybridized carbons (Fsp3) is 0.250. The summed E-state index contributed by atoms with van der Waals surface area (Å²) in [5, 5.41) is 6.55. The lowest BCUT2D eigenvalue weighted by Crippen LogP contribution is -2.06. The summed E-state index contributed by atoms with van der Waals surface area (Å²) in [6.45, 7) is 1.83. The number of ether oxygens (including phenoxy) is 2. The second-order valence-electron chi connectivity index (χ2n) is 3.64. The highest BCUT2D eigenvalue weighted by Gasteiger charge is 2.09. The molecule has 1 N–H and O–H groups in total.